The molecular weight excluding hydrogens is 490 g/mol. The molecule has 0 spiro atoms. The minimum atomic E-state index is -3.89. The number of carbonyl (C=O) groups is 3. The Bertz CT molecular complexity index is 1450. The van der Waals surface area contributed by atoms with E-state index in [9.17, 15) is 22.8 Å². The lowest BCUT2D eigenvalue weighted by Crippen LogP contribution is -2.50. The average molecular weight is 512 g/mol. The first-order valence-corrected chi connectivity index (χ1v) is 13.2. The predicted molar refractivity (Wildman–Crippen MR) is 129 cm³/mol. The van der Waals surface area contributed by atoms with E-state index >= 15 is 0 Å². The molecule has 2 aromatic carbocycles. The van der Waals surface area contributed by atoms with Gasteiger partial charge in [-0.1, -0.05) is 23.5 Å². The van der Waals surface area contributed by atoms with Crippen LogP contribution in [0.15, 0.2) is 47.4 Å². The van der Waals surface area contributed by atoms with Crippen LogP contribution in [0.4, 0.5) is 10.8 Å². The average Bonchev–Trinajstić information content (AvgIpc) is 3.36. The van der Waals surface area contributed by atoms with E-state index in [2.05, 4.69) is 14.9 Å². The molecular formula is C23H21N5O5S2. The van der Waals surface area contributed by atoms with Crippen molar-refractivity contribution in [3.63, 3.8) is 0 Å². The zero-order valence-electron chi connectivity index (χ0n) is 18.9. The number of amides is 3. The second kappa shape index (κ2) is 8.54. The van der Waals surface area contributed by atoms with Crippen LogP contribution < -0.4 is 9.62 Å². The molecule has 1 N–H and O–H groups in total. The van der Waals surface area contributed by atoms with Gasteiger partial charge in [0.25, 0.3) is 21.8 Å². The van der Waals surface area contributed by atoms with Crippen LogP contribution >= 0.6 is 11.3 Å². The van der Waals surface area contributed by atoms with Crippen LogP contribution in [-0.4, -0.2) is 53.8 Å². The summed E-state index contributed by atoms with van der Waals surface area (Å²) in [6, 6.07) is 10.0. The number of aromatic nitrogens is 2. The van der Waals surface area contributed by atoms with Crippen molar-refractivity contribution >= 4 is 49.9 Å². The summed E-state index contributed by atoms with van der Waals surface area (Å²) in [5, 5.41) is 8.42. The zero-order chi connectivity index (χ0) is 24.9. The van der Waals surface area contributed by atoms with Gasteiger partial charge in [0.15, 0.2) is 0 Å². The highest BCUT2D eigenvalue weighted by Crippen LogP contribution is 2.32. The molecule has 12 heteroatoms. The minimum absolute atomic E-state index is 0.0480. The maximum atomic E-state index is 13.5. The van der Waals surface area contributed by atoms with Gasteiger partial charge >= 0.3 is 0 Å². The van der Waals surface area contributed by atoms with Gasteiger partial charge in [-0.15, -0.1) is 10.2 Å². The third kappa shape index (κ3) is 3.98. The number of benzene rings is 2. The van der Waals surface area contributed by atoms with E-state index < -0.39 is 33.8 Å². The first-order valence-electron chi connectivity index (χ1n) is 10.9. The van der Waals surface area contributed by atoms with Gasteiger partial charge in [-0.25, -0.2) is 8.42 Å². The van der Waals surface area contributed by atoms with E-state index in [0.717, 1.165) is 16.2 Å². The number of hydrogen-bond donors (Lipinski definition) is 1. The van der Waals surface area contributed by atoms with Gasteiger partial charge in [-0.3, -0.25) is 24.0 Å². The molecule has 1 aromatic heterocycles. The summed E-state index contributed by atoms with van der Waals surface area (Å²) in [6.45, 7) is 3.65. The van der Waals surface area contributed by atoms with Crippen molar-refractivity contribution in [2.24, 2.45) is 0 Å². The van der Waals surface area contributed by atoms with Crippen LogP contribution in [-0.2, 0) is 21.2 Å². The van der Waals surface area contributed by atoms with Crippen molar-refractivity contribution in [2.45, 2.75) is 37.6 Å². The first kappa shape index (κ1) is 23.1. The maximum absolute atomic E-state index is 13.5. The monoisotopic (exact) mass is 511 g/mol. The molecule has 5 rings (SSSR count). The number of sulfonamides is 1. The highest BCUT2D eigenvalue weighted by molar-refractivity contribution is 7.93. The van der Waals surface area contributed by atoms with Gasteiger partial charge in [0.1, 0.15) is 11.0 Å². The fourth-order valence-corrected chi connectivity index (χ4v) is 6.25. The predicted octanol–water partition coefficient (Wildman–Crippen LogP) is 2.61. The molecule has 0 aliphatic carbocycles. The summed E-state index contributed by atoms with van der Waals surface area (Å²) in [4.78, 5) is 41.7. The highest BCUT2D eigenvalue weighted by Gasteiger charge is 2.42. The second-order valence-electron chi connectivity index (χ2n) is 8.32. The van der Waals surface area contributed by atoms with Gasteiger partial charge < -0.3 is 4.90 Å². The van der Waals surface area contributed by atoms with Crippen molar-refractivity contribution in [3.8, 4) is 0 Å². The van der Waals surface area contributed by atoms with E-state index in [4.69, 9.17) is 0 Å². The lowest BCUT2D eigenvalue weighted by molar-refractivity contribution is -0.122. The van der Waals surface area contributed by atoms with Crippen LogP contribution in [0.1, 0.15) is 44.6 Å². The van der Waals surface area contributed by atoms with Crippen molar-refractivity contribution in [2.75, 3.05) is 16.2 Å². The van der Waals surface area contributed by atoms with E-state index in [1.165, 1.54) is 24.0 Å². The molecule has 0 radical (unpaired) electrons. The molecule has 0 saturated heterocycles. The number of nitrogens with one attached hydrogen (secondary N) is 1. The molecule has 0 saturated carbocycles. The Balaban J connectivity index is 1.40. The first-order chi connectivity index (χ1) is 16.7. The third-order valence-corrected chi connectivity index (χ3v) is 8.28. The second-order valence-corrected chi connectivity index (χ2v) is 11.2. The molecule has 0 bridgehead atoms. The lowest BCUT2D eigenvalue weighted by atomic mass is 10.0. The highest BCUT2D eigenvalue weighted by atomic mass is 32.2. The minimum Gasteiger partial charge on any atom is -0.310 e. The summed E-state index contributed by atoms with van der Waals surface area (Å²) in [6.07, 6.45) is 1.20. The van der Waals surface area contributed by atoms with Crippen molar-refractivity contribution in [1.82, 2.24) is 15.1 Å². The number of nitrogens with zero attached hydrogens (tertiary/aromatic N) is 4. The number of fused-ring (bicyclic) bond motifs is 2. The number of carbonyl (C=O) groups excluding carboxylic acids is 3. The number of hydrogen-bond acceptors (Lipinski definition) is 8. The van der Waals surface area contributed by atoms with Gasteiger partial charge in [0, 0.05) is 12.2 Å². The Labute approximate surface area is 205 Å². The fraction of sp³-hybridized carbons (Fsp3) is 0.261. The summed E-state index contributed by atoms with van der Waals surface area (Å²) in [5.41, 5.74) is 1.82. The summed E-state index contributed by atoms with van der Waals surface area (Å²) >= 11 is 1.13. The van der Waals surface area contributed by atoms with Gasteiger partial charge in [0.2, 0.25) is 11.0 Å². The summed E-state index contributed by atoms with van der Waals surface area (Å²) in [5.74, 6) is -1.40. The number of anilines is 2. The topological polar surface area (TPSA) is 130 Å². The van der Waals surface area contributed by atoms with Gasteiger partial charge in [-0.05, 0) is 62.6 Å². The number of rotatable bonds is 5. The van der Waals surface area contributed by atoms with Crippen molar-refractivity contribution in [1.29, 1.82) is 0 Å². The van der Waals surface area contributed by atoms with Gasteiger partial charge in [0.05, 0.1) is 16.0 Å². The quantitative estimate of drug-likeness (QED) is 0.521. The molecule has 3 aromatic rings. The fourth-order valence-electron chi connectivity index (χ4n) is 4.38. The van der Waals surface area contributed by atoms with Crippen molar-refractivity contribution in [3.05, 3.63) is 64.2 Å². The molecule has 1 unspecified atom stereocenters. The van der Waals surface area contributed by atoms with E-state index in [1.807, 2.05) is 0 Å². The lowest BCUT2D eigenvalue weighted by Gasteiger charge is -2.33. The molecule has 10 nitrogen and oxygen atoms in total. The SMILES string of the molecule is Cc1nnc(NS(=O)(=O)c2ccc3c(c2)CCCN3C(=O)C(C)N2C(=O)c3ccccc3C2=O)s1. The van der Waals surface area contributed by atoms with Crippen LogP contribution in [0.2, 0.25) is 0 Å². The van der Waals surface area contributed by atoms with E-state index in [1.54, 1.807) is 37.3 Å². The largest absolute Gasteiger partial charge is 0.310 e. The Kier molecular flexibility index (Phi) is 5.64. The van der Waals surface area contributed by atoms with E-state index in [-0.39, 0.29) is 21.2 Å². The summed E-state index contributed by atoms with van der Waals surface area (Å²) < 4.78 is 28.1. The Hall–Kier alpha value is -3.64. The zero-order valence-corrected chi connectivity index (χ0v) is 20.5. The normalized spacial score (nSPS) is 16.2. The van der Waals surface area contributed by atoms with Crippen molar-refractivity contribution < 1.29 is 22.8 Å². The Morgan fingerprint density at radius 3 is 2.40 bits per heavy atom. The van der Waals surface area contributed by atoms with Crippen LogP contribution in [0.5, 0.6) is 0 Å². The maximum Gasteiger partial charge on any atom is 0.263 e. The van der Waals surface area contributed by atoms with Gasteiger partial charge in [-0.2, -0.15) is 0 Å². The molecule has 2 aliphatic heterocycles. The number of imide groups is 1. The van der Waals surface area contributed by atoms with Crippen LogP contribution in [0, 0.1) is 6.92 Å². The smallest absolute Gasteiger partial charge is 0.263 e. The molecule has 2 aliphatic rings. The molecule has 3 amide bonds. The summed E-state index contributed by atoms with van der Waals surface area (Å²) in [7, 11) is -3.89. The van der Waals surface area contributed by atoms with Crippen LogP contribution in [0.3, 0.4) is 0 Å². The third-order valence-electron chi connectivity index (χ3n) is 6.06. The number of aryl methyl sites for hydroxylation is 2. The molecule has 3 heterocycles. The van der Waals surface area contributed by atoms with Crippen LogP contribution in [0.25, 0.3) is 0 Å². The molecule has 180 valence electrons. The van der Waals surface area contributed by atoms with E-state index in [0.29, 0.717) is 35.6 Å². The Morgan fingerprint density at radius 1 is 1.09 bits per heavy atom. The molecule has 35 heavy (non-hydrogen) atoms. The standard InChI is InChI=1S/C23H21N5O5S2/c1-13(28-21(30)17-7-3-4-8-18(17)22(28)31)20(29)27-11-5-6-15-12-16(9-10-19(15)27)35(32,33)26-23-25-24-14(2)34-23/h3-4,7-10,12-13H,5-6,11H2,1-2H3,(H,25,26). The Morgan fingerprint density at radius 2 is 1.77 bits per heavy atom. The molecule has 0 fully saturated rings. The molecule has 1 atom stereocenters.